The van der Waals surface area contributed by atoms with Gasteiger partial charge in [0, 0.05) is 12.6 Å². The van der Waals surface area contributed by atoms with Crippen molar-refractivity contribution in [2.45, 2.75) is 45.2 Å². The summed E-state index contributed by atoms with van der Waals surface area (Å²) >= 11 is 0. The molecule has 2 N–H and O–H groups in total. The molecule has 4 nitrogen and oxygen atoms in total. The zero-order valence-corrected chi connectivity index (χ0v) is 10.3. The van der Waals surface area contributed by atoms with Crippen molar-refractivity contribution in [2.24, 2.45) is 5.73 Å². The number of piperidine rings is 1. The number of hydrogen-bond acceptors (Lipinski definition) is 3. The molecule has 1 saturated heterocycles. The molecular formula is C13H20N2O2. The number of likely N-dealkylation sites (tertiary alicyclic amines) is 1. The van der Waals surface area contributed by atoms with Gasteiger partial charge in [0.1, 0.15) is 5.76 Å². The van der Waals surface area contributed by atoms with E-state index in [1.54, 1.807) is 12.1 Å². The molecule has 1 aliphatic heterocycles. The number of hydrogen-bond donors (Lipinski definition) is 1. The minimum Gasteiger partial charge on any atom is -0.455 e. The maximum absolute atomic E-state index is 12.3. The maximum atomic E-state index is 12.3. The molecule has 1 aromatic rings. The van der Waals surface area contributed by atoms with Crippen LogP contribution in [0, 0.1) is 0 Å². The fourth-order valence-electron chi connectivity index (χ4n) is 2.44. The largest absolute Gasteiger partial charge is 0.455 e. The van der Waals surface area contributed by atoms with E-state index in [1.165, 1.54) is 6.42 Å². The van der Waals surface area contributed by atoms with Crippen LogP contribution in [0.3, 0.4) is 0 Å². The Kier molecular flexibility index (Phi) is 3.84. The van der Waals surface area contributed by atoms with Gasteiger partial charge >= 0.3 is 0 Å². The lowest BCUT2D eigenvalue weighted by atomic mass is 10.00. The van der Waals surface area contributed by atoms with Crippen molar-refractivity contribution in [1.29, 1.82) is 0 Å². The third-order valence-electron chi connectivity index (χ3n) is 3.43. The molecule has 0 unspecified atom stereocenters. The third-order valence-corrected chi connectivity index (χ3v) is 3.43. The molecule has 1 atom stereocenters. The number of amides is 1. The Labute approximate surface area is 102 Å². The number of carbonyl (C=O) groups is 1. The molecule has 0 spiro atoms. The van der Waals surface area contributed by atoms with E-state index in [1.807, 2.05) is 4.90 Å². The highest BCUT2D eigenvalue weighted by Crippen LogP contribution is 2.22. The van der Waals surface area contributed by atoms with Crippen molar-refractivity contribution in [2.75, 3.05) is 6.54 Å². The van der Waals surface area contributed by atoms with Gasteiger partial charge in [-0.2, -0.15) is 0 Å². The van der Waals surface area contributed by atoms with Crippen LogP contribution in [0.2, 0.25) is 0 Å². The molecule has 0 aliphatic carbocycles. The van der Waals surface area contributed by atoms with Crippen LogP contribution in [0.5, 0.6) is 0 Å². The summed E-state index contributed by atoms with van der Waals surface area (Å²) in [6.45, 7) is 3.31. The summed E-state index contributed by atoms with van der Waals surface area (Å²) in [5.74, 6) is 1.10. The van der Waals surface area contributed by atoms with E-state index in [9.17, 15) is 4.79 Å². The number of rotatable bonds is 3. The van der Waals surface area contributed by atoms with Gasteiger partial charge in [-0.15, -0.1) is 0 Å². The second-order valence-corrected chi connectivity index (χ2v) is 4.53. The highest BCUT2D eigenvalue weighted by Gasteiger charge is 2.27. The Bertz CT molecular complexity index is 387. The number of furan rings is 1. The fraction of sp³-hybridized carbons (Fsp3) is 0.615. The summed E-state index contributed by atoms with van der Waals surface area (Å²) in [5, 5.41) is 0. The number of carbonyl (C=O) groups excluding carboxylic acids is 1. The van der Waals surface area contributed by atoms with Gasteiger partial charge in [0.2, 0.25) is 0 Å². The highest BCUT2D eigenvalue weighted by atomic mass is 16.4. The van der Waals surface area contributed by atoms with E-state index in [2.05, 4.69) is 6.92 Å². The Balaban J connectivity index is 2.12. The minimum atomic E-state index is 0.0104. The van der Waals surface area contributed by atoms with Gasteiger partial charge in [-0.3, -0.25) is 4.79 Å². The van der Waals surface area contributed by atoms with Gasteiger partial charge < -0.3 is 15.1 Å². The molecular weight excluding hydrogens is 216 g/mol. The average Bonchev–Trinajstić information content (AvgIpc) is 2.86. The van der Waals surface area contributed by atoms with Crippen LogP contribution in [-0.2, 0) is 6.54 Å². The summed E-state index contributed by atoms with van der Waals surface area (Å²) in [4.78, 5) is 14.2. The topological polar surface area (TPSA) is 59.5 Å². The molecule has 0 radical (unpaired) electrons. The normalized spacial score (nSPS) is 20.6. The van der Waals surface area contributed by atoms with Crippen molar-refractivity contribution < 1.29 is 9.21 Å². The predicted octanol–water partition coefficient (Wildman–Crippen LogP) is 2.14. The van der Waals surface area contributed by atoms with Crippen LogP contribution in [0.25, 0.3) is 0 Å². The molecule has 17 heavy (non-hydrogen) atoms. The Hall–Kier alpha value is -1.29. The second kappa shape index (κ2) is 5.36. The van der Waals surface area contributed by atoms with Crippen LogP contribution >= 0.6 is 0 Å². The van der Waals surface area contributed by atoms with E-state index in [0.717, 1.165) is 25.8 Å². The van der Waals surface area contributed by atoms with Crippen LogP contribution in [0.15, 0.2) is 16.5 Å². The molecule has 94 valence electrons. The molecule has 2 heterocycles. The van der Waals surface area contributed by atoms with Crippen molar-refractivity contribution in [3.05, 3.63) is 23.7 Å². The summed E-state index contributed by atoms with van der Waals surface area (Å²) < 4.78 is 5.42. The van der Waals surface area contributed by atoms with E-state index in [4.69, 9.17) is 10.2 Å². The SMILES string of the molecule is CC[C@@H]1CCCCN1C(=O)c1ccc(CN)o1. The summed E-state index contributed by atoms with van der Waals surface area (Å²) in [7, 11) is 0. The first-order chi connectivity index (χ1) is 8.26. The van der Waals surface area contributed by atoms with Crippen LogP contribution in [0.1, 0.15) is 48.9 Å². The van der Waals surface area contributed by atoms with Crippen molar-refractivity contribution in [1.82, 2.24) is 4.90 Å². The lowest BCUT2D eigenvalue weighted by molar-refractivity contribution is 0.0574. The quantitative estimate of drug-likeness (QED) is 0.874. The smallest absolute Gasteiger partial charge is 0.289 e. The molecule has 0 bridgehead atoms. The van der Waals surface area contributed by atoms with Gasteiger partial charge in [0.15, 0.2) is 5.76 Å². The first kappa shape index (κ1) is 12.2. The molecule has 1 fully saturated rings. The van der Waals surface area contributed by atoms with Gasteiger partial charge in [-0.05, 0) is 37.8 Å². The molecule has 4 heteroatoms. The van der Waals surface area contributed by atoms with Gasteiger partial charge in [0.25, 0.3) is 5.91 Å². The van der Waals surface area contributed by atoms with E-state index < -0.39 is 0 Å². The van der Waals surface area contributed by atoms with Crippen molar-refractivity contribution >= 4 is 5.91 Å². The Morgan fingerprint density at radius 3 is 3.00 bits per heavy atom. The summed E-state index contributed by atoms with van der Waals surface area (Å²) in [6, 6.07) is 3.87. The number of nitrogens with zero attached hydrogens (tertiary/aromatic N) is 1. The van der Waals surface area contributed by atoms with Crippen molar-refractivity contribution in [3.63, 3.8) is 0 Å². The zero-order valence-electron chi connectivity index (χ0n) is 10.3. The molecule has 2 rings (SSSR count). The van der Waals surface area contributed by atoms with Gasteiger partial charge in [0.05, 0.1) is 6.54 Å². The van der Waals surface area contributed by atoms with Gasteiger partial charge in [-0.25, -0.2) is 0 Å². The zero-order chi connectivity index (χ0) is 12.3. The molecule has 1 aliphatic rings. The first-order valence-electron chi connectivity index (χ1n) is 6.36. The van der Waals surface area contributed by atoms with Crippen LogP contribution in [-0.4, -0.2) is 23.4 Å². The minimum absolute atomic E-state index is 0.0104. The maximum Gasteiger partial charge on any atom is 0.289 e. The molecule has 1 amide bonds. The Morgan fingerprint density at radius 1 is 1.53 bits per heavy atom. The van der Waals surface area contributed by atoms with E-state index in [-0.39, 0.29) is 5.91 Å². The highest BCUT2D eigenvalue weighted by molar-refractivity contribution is 5.91. The lowest BCUT2D eigenvalue weighted by Crippen LogP contribution is -2.43. The third kappa shape index (κ3) is 2.52. The molecule has 1 aromatic heterocycles. The monoisotopic (exact) mass is 236 g/mol. The van der Waals surface area contributed by atoms with Crippen LogP contribution in [0.4, 0.5) is 0 Å². The summed E-state index contributed by atoms with van der Waals surface area (Å²) in [6.07, 6.45) is 4.42. The lowest BCUT2D eigenvalue weighted by Gasteiger charge is -2.34. The first-order valence-corrected chi connectivity index (χ1v) is 6.36. The fourth-order valence-corrected chi connectivity index (χ4v) is 2.44. The summed E-state index contributed by atoms with van der Waals surface area (Å²) in [5.41, 5.74) is 5.48. The number of nitrogens with two attached hydrogens (primary N) is 1. The van der Waals surface area contributed by atoms with Gasteiger partial charge in [-0.1, -0.05) is 6.92 Å². The van der Waals surface area contributed by atoms with Crippen LogP contribution < -0.4 is 5.73 Å². The molecule has 0 aromatic carbocycles. The Morgan fingerprint density at radius 2 is 2.35 bits per heavy atom. The van der Waals surface area contributed by atoms with E-state index >= 15 is 0 Å². The second-order valence-electron chi connectivity index (χ2n) is 4.53. The molecule has 0 saturated carbocycles. The standard InChI is InChI=1S/C13H20N2O2/c1-2-10-5-3-4-8-15(10)13(16)12-7-6-11(9-14)17-12/h6-7,10H,2-5,8-9,14H2,1H3/t10-/m1/s1. The van der Waals surface area contributed by atoms with Crippen molar-refractivity contribution in [3.8, 4) is 0 Å². The predicted molar refractivity (Wildman–Crippen MR) is 65.6 cm³/mol. The average molecular weight is 236 g/mol. The van der Waals surface area contributed by atoms with E-state index in [0.29, 0.717) is 24.1 Å².